The molecule has 1 aromatic heterocycles. The average molecular weight is 322 g/mol. The summed E-state index contributed by atoms with van der Waals surface area (Å²) in [4.78, 5) is 16.6. The Morgan fingerprint density at radius 1 is 1.04 bits per heavy atom. The van der Waals surface area contributed by atoms with E-state index in [1.54, 1.807) is 4.90 Å². The van der Waals surface area contributed by atoms with Crippen LogP contribution in [0.5, 0.6) is 0 Å². The third-order valence-electron chi connectivity index (χ3n) is 4.13. The predicted octanol–water partition coefficient (Wildman–Crippen LogP) is 4.16. The van der Waals surface area contributed by atoms with E-state index in [0.29, 0.717) is 18.8 Å². The van der Waals surface area contributed by atoms with Crippen molar-refractivity contribution in [1.29, 1.82) is 0 Å². The molecule has 0 radical (unpaired) electrons. The van der Waals surface area contributed by atoms with E-state index in [1.807, 2.05) is 51.4 Å². The number of rotatable bonds is 5. The lowest BCUT2D eigenvalue weighted by molar-refractivity contribution is 0.0723. The Morgan fingerprint density at radius 2 is 1.75 bits per heavy atom. The highest BCUT2D eigenvalue weighted by Gasteiger charge is 2.18. The lowest BCUT2D eigenvalue weighted by atomic mass is 10.2. The number of benzene rings is 2. The van der Waals surface area contributed by atoms with Crippen LogP contribution in [0.15, 0.2) is 59.0 Å². The van der Waals surface area contributed by atoms with E-state index < -0.39 is 0 Å². The second-order valence-corrected chi connectivity index (χ2v) is 6.03. The summed E-state index contributed by atoms with van der Waals surface area (Å²) >= 11 is 0. The quantitative estimate of drug-likeness (QED) is 0.708. The van der Waals surface area contributed by atoms with Crippen LogP contribution in [-0.4, -0.2) is 31.4 Å². The van der Waals surface area contributed by atoms with Crippen LogP contribution < -0.4 is 4.90 Å². The fraction of sp³-hybridized carbons (Fsp3) is 0.250. The molecule has 4 nitrogen and oxygen atoms in total. The molecule has 1 amide bonds. The Morgan fingerprint density at radius 3 is 2.38 bits per heavy atom. The van der Waals surface area contributed by atoms with Crippen molar-refractivity contribution in [3.63, 3.8) is 0 Å². The molecule has 0 bridgehead atoms. The second-order valence-electron chi connectivity index (χ2n) is 6.03. The van der Waals surface area contributed by atoms with Crippen LogP contribution in [-0.2, 0) is 6.54 Å². The van der Waals surface area contributed by atoms with Gasteiger partial charge in [0.25, 0.3) is 5.91 Å². The van der Waals surface area contributed by atoms with Gasteiger partial charge in [0, 0.05) is 38.3 Å². The summed E-state index contributed by atoms with van der Waals surface area (Å²) in [6.45, 7) is 3.18. The number of fused-ring (bicyclic) bond motifs is 1. The minimum Gasteiger partial charge on any atom is -0.451 e. The zero-order chi connectivity index (χ0) is 17.1. The molecule has 3 aromatic rings. The topological polar surface area (TPSA) is 36.7 Å². The molecular weight excluding hydrogens is 300 g/mol. The van der Waals surface area contributed by atoms with E-state index in [0.717, 1.165) is 22.2 Å². The minimum atomic E-state index is -0.0783. The van der Waals surface area contributed by atoms with E-state index in [9.17, 15) is 4.79 Å². The van der Waals surface area contributed by atoms with Crippen molar-refractivity contribution < 1.29 is 9.21 Å². The first-order chi connectivity index (χ1) is 11.6. The molecule has 24 heavy (non-hydrogen) atoms. The maximum atomic E-state index is 12.7. The Kier molecular flexibility index (Phi) is 4.56. The molecule has 0 aliphatic heterocycles. The van der Waals surface area contributed by atoms with Gasteiger partial charge in [-0.15, -0.1) is 0 Å². The van der Waals surface area contributed by atoms with Crippen LogP contribution in [0.4, 0.5) is 5.69 Å². The maximum absolute atomic E-state index is 12.7. The first-order valence-electron chi connectivity index (χ1n) is 8.12. The fourth-order valence-corrected chi connectivity index (χ4v) is 2.69. The number of anilines is 1. The lowest BCUT2D eigenvalue weighted by Crippen LogP contribution is -2.30. The Bertz CT molecular complexity index is 801. The highest BCUT2D eigenvalue weighted by molar-refractivity contribution is 5.96. The summed E-state index contributed by atoms with van der Waals surface area (Å²) < 4.78 is 5.70. The Labute approximate surface area is 142 Å². The van der Waals surface area contributed by atoms with E-state index in [-0.39, 0.29) is 5.91 Å². The summed E-state index contributed by atoms with van der Waals surface area (Å²) in [6, 6.07) is 17.7. The molecule has 3 rings (SSSR count). The zero-order valence-corrected chi connectivity index (χ0v) is 14.3. The van der Waals surface area contributed by atoms with Crippen LogP contribution >= 0.6 is 0 Å². The zero-order valence-electron chi connectivity index (χ0n) is 14.3. The number of amides is 1. The van der Waals surface area contributed by atoms with E-state index in [2.05, 4.69) is 29.2 Å². The average Bonchev–Trinajstić information content (AvgIpc) is 3.03. The smallest absolute Gasteiger partial charge is 0.289 e. The van der Waals surface area contributed by atoms with Crippen molar-refractivity contribution in [3.05, 3.63) is 65.9 Å². The third kappa shape index (κ3) is 3.27. The summed E-state index contributed by atoms with van der Waals surface area (Å²) in [7, 11) is 4.02. The van der Waals surface area contributed by atoms with Gasteiger partial charge in [-0.1, -0.05) is 30.3 Å². The summed E-state index contributed by atoms with van der Waals surface area (Å²) in [5.41, 5.74) is 2.99. The largest absolute Gasteiger partial charge is 0.451 e. The van der Waals surface area contributed by atoms with Gasteiger partial charge in [0.05, 0.1) is 0 Å². The number of carbonyl (C=O) groups is 1. The van der Waals surface area contributed by atoms with Crippen LogP contribution in [0.3, 0.4) is 0 Å². The van der Waals surface area contributed by atoms with Crippen LogP contribution in [0.2, 0.25) is 0 Å². The number of hydrogen-bond acceptors (Lipinski definition) is 3. The van der Waals surface area contributed by atoms with Crippen LogP contribution in [0.1, 0.15) is 23.0 Å². The molecular formula is C20H22N2O2. The SMILES string of the molecule is CCN(Cc1ccc(N(C)C)cc1)C(=O)c1cc2ccccc2o1. The highest BCUT2D eigenvalue weighted by Crippen LogP contribution is 2.21. The summed E-state index contributed by atoms with van der Waals surface area (Å²) in [6.07, 6.45) is 0. The molecule has 0 saturated heterocycles. The fourth-order valence-electron chi connectivity index (χ4n) is 2.69. The van der Waals surface area contributed by atoms with E-state index in [1.165, 1.54) is 0 Å². The monoisotopic (exact) mass is 322 g/mol. The Hall–Kier alpha value is -2.75. The standard InChI is InChI=1S/C20H22N2O2/c1-4-22(14-15-9-11-17(12-10-15)21(2)3)20(23)19-13-16-7-5-6-8-18(16)24-19/h5-13H,4,14H2,1-3H3. The molecule has 0 saturated carbocycles. The third-order valence-corrected chi connectivity index (χ3v) is 4.13. The molecule has 0 unspecified atom stereocenters. The molecule has 0 aliphatic carbocycles. The number of carbonyl (C=O) groups excluding carboxylic acids is 1. The van der Waals surface area contributed by atoms with Crippen molar-refractivity contribution in [3.8, 4) is 0 Å². The van der Waals surface area contributed by atoms with Crippen molar-refractivity contribution in [2.75, 3.05) is 25.5 Å². The van der Waals surface area contributed by atoms with E-state index >= 15 is 0 Å². The molecule has 0 atom stereocenters. The van der Waals surface area contributed by atoms with Crippen LogP contribution in [0, 0.1) is 0 Å². The Balaban J connectivity index is 1.78. The van der Waals surface area contributed by atoms with Gasteiger partial charge in [0.2, 0.25) is 0 Å². The molecule has 4 heteroatoms. The van der Waals surface area contributed by atoms with Crippen molar-refractivity contribution in [2.45, 2.75) is 13.5 Å². The number of para-hydroxylation sites is 1. The van der Waals surface area contributed by atoms with Gasteiger partial charge in [-0.2, -0.15) is 0 Å². The summed E-state index contributed by atoms with van der Waals surface area (Å²) in [5, 5.41) is 0.951. The van der Waals surface area contributed by atoms with Gasteiger partial charge in [-0.3, -0.25) is 4.79 Å². The van der Waals surface area contributed by atoms with E-state index in [4.69, 9.17) is 4.42 Å². The summed E-state index contributed by atoms with van der Waals surface area (Å²) in [5.74, 6) is 0.313. The van der Waals surface area contributed by atoms with Crippen molar-refractivity contribution in [2.24, 2.45) is 0 Å². The molecule has 0 spiro atoms. The second kappa shape index (κ2) is 6.79. The molecule has 124 valence electrons. The van der Waals surface area contributed by atoms with Gasteiger partial charge in [0.15, 0.2) is 5.76 Å². The molecule has 0 aliphatic rings. The van der Waals surface area contributed by atoms with Gasteiger partial charge in [-0.05, 0) is 36.8 Å². The number of furan rings is 1. The lowest BCUT2D eigenvalue weighted by Gasteiger charge is -2.20. The van der Waals surface area contributed by atoms with Crippen molar-refractivity contribution in [1.82, 2.24) is 4.90 Å². The van der Waals surface area contributed by atoms with Gasteiger partial charge in [0.1, 0.15) is 5.58 Å². The first-order valence-corrected chi connectivity index (χ1v) is 8.12. The van der Waals surface area contributed by atoms with Gasteiger partial charge >= 0.3 is 0 Å². The molecule has 2 aromatic carbocycles. The normalized spacial score (nSPS) is 10.8. The van der Waals surface area contributed by atoms with Gasteiger partial charge in [-0.25, -0.2) is 0 Å². The van der Waals surface area contributed by atoms with Crippen LogP contribution in [0.25, 0.3) is 11.0 Å². The van der Waals surface area contributed by atoms with Crippen molar-refractivity contribution >= 4 is 22.6 Å². The first kappa shape index (κ1) is 16.1. The van der Waals surface area contributed by atoms with Gasteiger partial charge < -0.3 is 14.2 Å². The highest BCUT2D eigenvalue weighted by atomic mass is 16.3. The minimum absolute atomic E-state index is 0.0783. The molecule has 0 N–H and O–H groups in total. The molecule has 1 heterocycles. The molecule has 0 fully saturated rings. The maximum Gasteiger partial charge on any atom is 0.289 e. The predicted molar refractivity (Wildman–Crippen MR) is 97.4 cm³/mol. The number of nitrogens with zero attached hydrogens (tertiary/aromatic N) is 2. The number of hydrogen-bond donors (Lipinski definition) is 0.